The SMILES string of the molecule is CC(=O)OC(C=CN(C)C(C)=O)=C(C)C. The molecule has 0 unspecified atom stereocenters. The number of hydrogen-bond donors (Lipinski definition) is 0. The van der Waals surface area contributed by atoms with Gasteiger partial charge < -0.3 is 9.64 Å². The van der Waals surface area contributed by atoms with Crippen LogP contribution in [0.3, 0.4) is 0 Å². The fraction of sp³-hybridized carbons (Fsp3) is 0.455. The van der Waals surface area contributed by atoms with Crippen LogP contribution in [0.15, 0.2) is 23.6 Å². The highest BCUT2D eigenvalue weighted by Gasteiger charge is 2.02. The van der Waals surface area contributed by atoms with Crippen molar-refractivity contribution in [3.8, 4) is 0 Å². The summed E-state index contributed by atoms with van der Waals surface area (Å²) in [6, 6.07) is 0. The minimum atomic E-state index is -0.374. The topological polar surface area (TPSA) is 46.6 Å². The fourth-order valence-electron chi connectivity index (χ4n) is 0.742. The molecule has 0 aliphatic rings. The van der Waals surface area contributed by atoms with Crippen molar-refractivity contribution in [1.82, 2.24) is 4.90 Å². The molecule has 0 saturated carbocycles. The average molecular weight is 211 g/mol. The number of nitrogens with zero attached hydrogens (tertiary/aromatic N) is 1. The number of carbonyl (C=O) groups is 2. The van der Waals surface area contributed by atoms with Crippen LogP contribution in [-0.2, 0) is 14.3 Å². The predicted molar refractivity (Wildman–Crippen MR) is 57.7 cm³/mol. The third-order valence-corrected chi connectivity index (χ3v) is 1.69. The summed E-state index contributed by atoms with van der Waals surface area (Å²) in [6.45, 7) is 6.45. The first-order chi connectivity index (χ1) is 6.84. The van der Waals surface area contributed by atoms with Crippen LogP contribution in [0.2, 0.25) is 0 Å². The number of amides is 1. The molecular weight excluding hydrogens is 194 g/mol. The number of hydrogen-bond acceptors (Lipinski definition) is 3. The molecule has 15 heavy (non-hydrogen) atoms. The van der Waals surface area contributed by atoms with Gasteiger partial charge in [-0.1, -0.05) is 0 Å². The quantitative estimate of drug-likeness (QED) is 0.406. The Morgan fingerprint density at radius 1 is 1.13 bits per heavy atom. The molecule has 0 aliphatic heterocycles. The molecule has 84 valence electrons. The van der Waals surface area contributed by atoms with Gasteiger partial charge in [0.15, 0.2) is 0 Å². The summed E-state index contributed by atoms with van der Waals surface area (Å²) in [7, 11) is 1.63. The molecule has 0 aromatic carbocycles. The largest absolute Gasteiger partial charge is 0.427 e. The van der Waals surface area contributed by atoms with E-state index in [0.717, 1.165) is 5.57 Å². The molecule has 0 spiro atoms. The first-order valence-electron chi connectivity index (χ1n) is 4.62. The van der Waals surface area contributed by atoms with Crippen LogP contribution in [-0.4, -0.2) is 23.8 Å². The first-order valence-corrected chi connectivity index (χ1v) is 4.62. The van der Waals surface area contributed by atoms with E-state index in [-0.39, 0.29) is 11.9 Å². The van der Waals surface area contributed by atoms with Crippen LogP contribution in [0.1, 0.15) is 27.7 Å². The van der Waals surface area contributed by atoms with E-state index >= 15 is 0 Å². The Hall–Kier alpha value is -1.58. The molecular formula is C11H17NO3. The van der Waals surface area contributed by atoms with Crippen LogP contribution < -0.4 is 0 Å². The molecule has 0 aromatic heterocycles. The Labute approximate surface area is 90.2 Å². The number of allylic oxidation sites excluding steroid dienone is 2. The van der Waals surface area contributed by atoms with Crippen LogP contribution in [0.25, 0.3) is 0 Å². The Bertz CT molecular complexity index is 312. The van der Waals surface area contributed by atoms with E-state index in [1.54, 1.807) is 19.3 Å². The second kappa shape index (κ2) is 6.01. The number of carbonyl (C=O) groups excluding carboxylic acids is 2. The summed E-state index contributed by atoms with van der Waals surface area (Å²) < 4.78 is 4.96. The van der Waals surface area contributed by atoms with Gasteiger partial charge in [-0.3, -0.25) is 9.59 Å². The van der Waals surface area contributed by atoms with Gasteiger partial charge in [0.1, 0.15) is 5.76 Å². The number of rotatable bonds is 3. The maximum absolute atomic E-state index is 10.9. The highest BCUT2D eigenvalue weighted by Crippen LogP contribution is 2.07. The van der Waals surface area contributed by atoms with Gasteiger partial charge in [-0.05, 0) is 25.5 Å². The molecule has 0 fully saturated rings. The van der Waals surface area contributed by atoms with Gasteiger partial charge in [-0.2, -0.15) is 0 Å². The maximum atomic E-state index is 10.9. The molecule has 1 amide bonds. The molecule has 4 nitrogen and oxygen atoms in total. The molecule has 0 N–H and O–H groups in total. The van der Waals surface area contributed by atoms with E-state index in [2.05, 4.69) is 0 Å². The predicted octanol–water partition coefficient (Wildman–Crippen LogP) is 1.84. The zero-order valence-corrected chi connectivity index (χ0v) is 9.83. The molecule has 0 rings (SSSR count). The Kier molecular flexibility index (Phi) is 5.37. The Morgan fingerprint density at radius 2 is 1.67 bits per heavy atom. The standard InChI is InChI=1S/C11H17NO3/c1-8(2)11(15-10(4)14)6-7-12(5)9(3)13/h6-7H,1-5H3. The Balaban J connectivity index is 4.64. The molecule has 0 atom stereocenters. The summed E-state index contributed by atoms with van der Waals surface area (Å²) in [5.41, 5.74) is 0.874. The third kappa shape index (κ3) is 5.67. The summed E-state index contributed by atoms with van der Waals surface area (Å²) in [5, 5.41) is 0. The minimum absolute atomic E-state index is 0.0813. The molecule has 0 aliphatic carbocycles. The average Bonchev–Trinajstić information content (AvgIpc) is 2.10. The normalized spacial score (nSPS) is 9.93. The van der Waals surface area contributed by atoms with E-state index in [1.807, 2.05) is 13.8 Å². The van der Waals surface area contributed by atoms with E-state index in [1.165, 1.54) is 18.7 Å². The second-order valence-electron chi connectivity index (χ2n) is 3.40. The highest BCUT2D eigenvalue weighted by atomic mass is 16.5. The lowest BCUT2D eigenvalue weighted by Crippen LogP contribution is -2.16. The van der Waals surface area contributed by atoms with Crippen molar-refractivity contribution in [2.24, 2.45) is 0 Å². The second-order valence-corrected chi connectivity index (χ2v) is 3.40. The molecule has 0 bridgehead atoms. The smallest absolute Gasteiger partial charge is 0.308 e. The van der Waals surface area contributed by atoms with Crippen molar-refractivity contribution in [3.05, 3.63) is 23.6 Å². The van der Waals surface area contributed by atoms with Gasteiger partial charge in [0.05, 0.1) is 0 Å². The lowest BCUT2D eigenvalue weighted by atomic mass is 10.3. The van der Waals surface area contributed by atoms with Crippen LogP contribution >= 0.6 is 0 Å². The summed E-state index contributed by atoms with van der Waals surface area (Å²) >= 11 is 0. The van der Waals surface area contributed by atoms with Crippen molar-refractivity contribution in [1.29, 1.82) is 0 Å². The summed E-state index contributed by atoms with van der Waals surface area (Å²) in [6.07, 6.45) is 3.16. The lowest BCUT2D eigenvalue weighted by Gasteiger charge is -2.09. The van der Waals surface area contributed by atoms with Gasteiger partial charge in [0, 0.05) is 27.1 Å². The number of esters is 1. The molecule has 0 radical (unpaired) electrons. The zero-order valence-electron chi connectivity index (χ0n) is 9.83. The molecule has 0 heterocycles. The molecule has 0 aromatic rings. The monoisotopic (exact) mass is 211 g/mol. The van der Waals surface area contributed by atoms with E-state index in [0.29, 0.717) is 5.76 Å². The maximum Gasteiger partial charge on any atom is 0.308 e. The van der Waals surface area contributed by atoms with E-state index in [9.17, 15) is 9.59 Å². The van der Waals surface area contributed by atoms with Crippen LogP contribution in [0.4, 0.5) is 0 Å². The first kappa shape index (κ1) is 13.4. The summed E-state index contributed by atoms with van der Waals surface area (Å²) in [5.74, 6) is 0.0131. The van der Waals surface area contributed by atoms with E-state index < -0.39 is 0 Å². The zero-order chi connectivity index (χ0) is 12.0. The number of ether oxygens (including phenoxy) is 1. The molecule has 0 saturated heterocycles. The summed E-state index contributed by atoms with van der Waals surface area (Å²) in [4.78, 5) is 23.1. The van der Waals surface area contributed by atoms with Crippen molar-refractivity contribution in [3.63, 3.8) is 0 Å². The van der Waals surface area contributed by atoms with Crippen molar-refractivity contribution in [2.45, 2.75) is 27.7 Å². The van der Waals surface area contributed by atoms with Gasteiger partial charge in [-0.15, -0.1) is 0 Å². The highest BCUT2D eigenvalue weighted by molar-refractivity contribution is 5.74. The van der Waals surface area contributed by atoms with Gasteiger partial charge >= 0.3 is 5.97 Å². The Morgan fingerprint density at radius 3 is 2.00 bits per heavy atom. The van der Waals surface area contributed by atoms with Gasteiger partial charge in [0.25, 0.3) is 0 Å². The van der Waals surface area contributed by atoms with E-state index in [4.69, 9.17) is 4.74 Å². The lowest BCUT2D eigenvalue weighted by molar-refractivity contribution is -0.136. The van der Waals surface area contributed by atoms with Crippen LogP contribution in [0.5, 0.6) is 0 Å². The van der Waals surface area contributed by atoms with Crippen molar-refractivity contribution in [2.75, 3.05) is 7.05 Å². The molecule has 4 heteroatoms. The van der Waals surface area contributed by atoms with Crippen molar-refractivity contribution < 1.29 is 14.3 Å². The third-order valence-electron chi connectivity index (χ3n) is 1.69. The fourth-order valence-corrected chi connectivity index (χ4v) is 0.742. The minimum Gasteiger partial charge on any atom is -0.427 e. The van der Waals surface area contributed by atoms with Gasteiger partial charge in [-0.25, -0.2) is 0 Å². The van der Waals surface area contributed by atoms with Gasteiger partial charge in [0.2, 0.25) is 5.91 Å². The van der Waals surface area contributed by atoms with Crippen LogP contribution in [0, 0.1) is 0 Å². The van der Waals surface area contributed by atoms with Crippen molar-refractivity contribution >= 4 is 11.9 Å².